The average molecular weight is 239 g/mol. The normalized spacial score (nSPS) is 17.5. The van der Waals surface area contributed by atoms with E-state index in [4.69, 9.17) is 0 Å². The Kier molecular flexibility index (Phi) is 3.43. The first-order valence-corrected chi connectivity index (χ1v) is 6.41. The van der Waals surface area contributed by atoms with Crippen LogP contribution >= 0.6 is 11.3 Å². The maximum Gasteiger partial charge on any atom is 0.217 e. The van der Waals surface area contributed by atoms with Crippen LogP contribution in [0, 0.1) is 6.92 Å². The predicted molar refractivity (Wildman–Crippen MR) is 65.9 cm³/mol. The van der Waals surface area contributed by atoms with Gasteiger partial charge in [-0.1, -0.05) is 0 Å². The molecule has 0 aromatic carbocycles. The number of anilines is 1. The smallest absolute Gasteiger partial charge is 0.217 e. The number of rotatable bonds is 2. The second kappa shape index (κ2) is 4.82. The summed E-state index contributed by atoms with van der Waals surface area (Å²) in [6.45, 7) is 5.62. The van der Waals surface area contributed by atoms with Crippen molar-refractivity contribution in [2.24, 2.45) is 0 Å². The third-order valence-corrected chi connectivity index (χ3v) is 3.76. The van der Waals surface area contributed by atoms with Gasteiger partial charge in [0.15, 0.2) is 5.13 Å². The van der Waals surface area contributed by atoms with Gasteiger partial charge in [0.1, 0.15) is 0 Å². The number of carbonyl (C=O) groups is 1. The van der Waals surface area contributed by atoms with Crippen LogP contribution in [0.15, 0.2) is 6.20 Å². The topological polar surface area (TPSA) is 45.2 Å². The van der Waals surface area contributed by atoms with Crippen molar-refractivity contribution in [1.29, 1.82) is 0 Å². The van der Waals surface area contributed by atoms with Crippen LogP contribution in [0.3, 0.4) is 0 Å². The van der Waals surface area contributed by atoms with Gasteiger partial charge in [0.05, 0.1) is 0 Å². The van der Waals surface area contributed by atoms with E-state index in [1.807, 2.05) is 6.20 Å². The van der Waals surface area contributed by atoms with Crippen molar-refractivity contribution in [2.75, 3.05) is 18.0 Å². The van der Waals surface area contributed by atoms with Crippen molar-refractivity contribution in [3.05, 3.63) is 11.1 Å². The summed E-state index contributed by atoms with van der Waals surface area (Å²) in [5, 5.41) is 4.09. The van der Waals surface area contributed by atoms with Crippen LogP contribution in [-0.4, -0.2) is 30.0 Å². The monoisotopic (exact) mass is 239 g/mol. The molecule has 1 N–H and O–H groups in total. The Balaban J connectivity index is 1.87. The highest BCUT2D eigenvalue weighted by Crippen LogP contribution is 2.24. The first-order chi connectivity index (χ1) is 7.65. The average Bonchev–Trinajstić information content (AvgIpc) is 2.65. The van der Waals surface area contributed by atoms with Gasteiger partial charge in [0.2, 0.25) is 5.91 Å². The molecule has 1 aromatic rings. The van der Waals surface area contributed by atoms with Gasteiger partial charge in [-0.3, -0.25) is 4.79 Å². The molecule has 88 valence electrons. The first kappa shape index (κ1) is 11.4. The number of hydrogen-bond acceptors (Lipinski definition) is 4. The van der Waals surface area contributed by atoms with Gasteiger partial charge >= 0.3 is 0 Å². The van der Waals surface area contributed by atoms with Crippen LogP contribution in [0.2, 0.25) is 0 Å². The Morgan fingerprint density at radius 2 is 2.25 bits per heavy atom. The molecule has 1 aliphatic rings. The largest absolute Gasteiger partial charge is 0.353 e. The second-order valence-electron chi connectivity index (χ2n) is 4.22. The Morgan fingerprint density at radius 1 is 1.56 bits per heavy atom. The molecule has 1 aliphatic heterocycles. The summed E-state index contributed by atoms with van der Waals surface area (Å²) in [4.78, 5) is 18.9. The van der Waals surface area contributed by atoms with Crippen LogP contribution < -0.4 is 10.2 Å². The summed E-state index contributed by atoms with van der Waals surface area (Å²) in [5.74, 6) is 0.0727. The molecule has 4 nitrogen and oxygen atoms in total. The lowest BCUT2D eigenvalue weighted by atomic mass is 10.1. The molecule has 0 bridgehead atoms. The lowest BCUT2D eigenvalue weighted by molar-refractivity contribution is -0.119. The highest BCUT2D eigenvalue weighted by atomic mass is 32.1. The van der Waals surface area contributed by atoms with Crippen LogP contribution in [-0.2, 0) is 4.79 Å². The molecule has 2 heterocycles. The number of carbonyl (C=O) groups excluding carboxylic acids is 1. The molecule has 16 heavy (non-hydrogen) atoms. The van der Waals surface area contributed by atoms with Crippen LogP contribution in [0.25, 0.3) is 0 Å². The minimum Gasteiger partial charge on any atom is -0.353 e. The van der Waals surface area contributed by atoms with E-state index in [1.54, 1.807) is 18.3 Å². The van der Waals surface area contributed by atoms with Crippen LogP contribution in [0.4, 0.5) is 5.13 Å². The van der Waals surface area contributed by atoms with Gasteiger partial charge in [-0.2, -0.15) is 0 Å². The van der Waals surface area contributed by atoms with E-state index in [2.05, 4.69) is 22.1 Å². The standard InChI is InChI=1S/C11H17N3OS/c1-8-7-12-11(16-8)14-5-3-10(4-6-14)13-9(2)15/h7,10H,3-6H2,1-2H3,(H,13,15). The molecule has 1 saturated heterocycles. The summed E-state index contributed by atoms with van der Waals surface area (Å²) in [6, 6.07) is 0.342. The zero-order chi connectivity index (χ0) is 11.5. The molecular weight excluding hydrogens is 222 g/mol. The third-order valence-electron chi connectivity index (χ3n) is 2.78. The number of piperidine rings is 1. The van der Waals surface area contributed by atoms with E-state index >= 15 is 0 Å². The summed E-state index contributed by atoms with van der Waals surface area (Å²) in [7, 11) is 0. The molecule has 0 spiro atoms. The summed E-state index contributed by atoms with van der Waals surface area (Å²) >= 11 is 1.74. The molecule has 1 aromatic heterocycles. The lowest BCUT2D eigenvalue weighted by Gasteiger charge is -2.31. The fourth-order valence-electron chi connectivity index (χ4n) is 1.99. The minimum atomic E-state index is 0.0727. The molecule has 1 fully saturated rings. The van der Waals surface area contributed by atoms with Crippen LogP contribution in [0.5, 0.6) is 0 Å². The Morgan fingerprint density at radius 3 is 2.75 bits per heavy atom. The molecule has 0 atom stereocenters. The minimum absolute atomic E-state index is 0.0727. The van der Waals surface area contributed by atoms with Gasteiger partial charge in [0.25, 0.3) is 0 Å². The molecule has 0 aliphatic carbocycles. The van der Waals surface area contributed by atoms with Crippen molar-refractivity contribution in [2.45, 2.75) is 32.7 Å². The second-order valence-corrected chi connectivity index (χ2v) is 5.43. The lowest BCUT2D eigenvalue weighted by Crippen LogP contribution is -2.44. The molecule has 2 rings (SSSR count). The Bertz CT molecular complexity index is 369. The van der Waals surface area contributed by atoms with E-state index in [0.29, 0.717) is 6.04 Å². The maximum atomic E-state index is 10.9. The van der Waals surface area contributed by atoms with E-state index in [0.717, 1.165) is 31.1 Å². The summed E-state index contributed by atoms with van der Waals surface area (Å²) in [5.41, 5.74) is 0. The zero-order valence-corrected chi connectivity index (χ0v) is 10.5. The number of hydrogen-bond donors (Lipinski definition) is 1. The highest BCUT2D eigenvalue weighted by molar-refractivity contribution is 7.15. The molecule has 5 heteroatoms. The highest BCUT2D eigenvalue weighted by Gasteiger charge is 2.21. The molecule has 0 unspecified atom stereocenters. The van der Waals surface area contributed by atoms with Crippen molar-refractivity contribution in [1.82, 2.24) is 10.3 Å². The Labute approximate surface area is 99.7 Å². The predicted octanol–water partition coefficient (Wildman–Crippen LogP) is 1.56. The Hall–Kier alpha value is -1.10. The van der Waals surface area contributed by atoms with E-state index in [-0.39, 0.29) is 5.91 Å². The first-order valence-electron chi connectivity index (χ1n) is 5.59. The number of amides is 1. The van der Waals surface area contributed by atoms with Crippen molar-refractivity contribution in [3.63, 3.8) is 0 Å². The van der Waals surface area contributed by atoms with Crippen LogP contribution in [0.1, 0.15) is 24.6 Å². The number of nitrogens with zero attached hydrogens (tertiary/aromatic N) is 2. The molecule has 1 amide bonds. The van der Waals surface area contributed by atoms with Gasteiger partial charge in [-0.05, 0) is 19.8 Å². The van der Waals surface area contributed by atoms with E-state index in [9.17, 15) is 4.79 Å². The number of aryl methyl sites for hydroxylation is 1. The van der Waals surface area contributed by atoms with Gasteiger partial charge in [0, 0.05) is 37.1 Å². The molecular formula is C11H17N3OS. The van der Waals surface area contributed by atoms with E-state index in [1.165, 1.54) is 4.88 Å². The fourth-order valence-corrected chi connectivity index (χ4v) is 2.80. The zero-order valence-electron chi connectivity index (χ0n) is 9.69. The van der Waals surface area contributed by atoms with Crippen molar-refractivity contribution in [3.8, 4) is 0 Å². The quantitative estimate of drug-likeness (QED) is 0.852. The SMILES string of the molecule is CC(=O)NC1CCN(c2ncc(C)s2)CC1. The maximum absolute atomic E-state index is 10.9. The van der Waals surface area contributed by atoms with Crippen molar-refractivity contribution < 1.29 is 4.79 Å². The summed E-state index contributed by atoms with van der Waals surface area (Å²) in [6.07, 6.45) is 3.94. The van der Waals surface area contributed by atoms with E-state index < -0.39 is 0 Å². The number of nitrogens with one attached hydrogen (secondary N) is 1. The van der Waals surface area contributed by atoms with Gasteiger partial charge in [-0.15, -0.1) is 11.3 Å². The third kappa shape index (κ3) is 2.72. The fraction of sp³-hybridized carbons (Fsp3) is 0.636. The number of aromatic nitrogens is 1. The van der Waals surface area contributed by atoms with Gasteiger partial charge in [-0.25, -0.2) is 4.98 Å². The molecule has 0 saturated carbocycles. The van der Waals surface area contributed by atoms with Crippen molar-refractivity contribution >= 4 is 22.4 Å². The molecule has 0 radical (unpaired) electrons. The summed E-state index contributed by atoms with van der Waals surface area (Å²) < 4.78 is 0. The van der Waals surface area contributed by atoms with Gasteiger partial charge < -0.3 is 10.2 Å². The number of thiazole rings is 1.